The number of halogens is 1. The minimum Gasteiger partial charge on any atom is -0.445 e. The number of ether oxygens (including phenoxy) is 1. The number of rotatable bonds is 9. The molecule has 0 unspecified atom stereocenters. The van der Waals surface area contributed by atoms with Crippen molar-refractivity contribution >= 4 is 29.5 Å². The number of amides is 3. The number of alkyl carbamates (subject to hydrolysis) is 1. The zero-order chi connectivity index (χ0) is 20.4. The highest BCUT2D eigenvalue weighted by atomic mass is 35.5. The summed E-state index contributed by atoms with van der Waals surface area (Å²) >= 11 is 6.07. The molecule has 1 atom stereocenters. The van der Waals surface area contributed by atoms with Gasteiger partial charge in [-0.05, 0) is 23.6 Å². The molecular formula is C20H22ClN3O4. The topological polar surface area (TPSA) is 111 Å². The first-order valence-electron chi connectivity index (χ1n) is 8.72. The number of nitrogens with two attached hydrogens (primary N) is 1. The fourth-order valence-electron chi connectivity index (χ4n) is 2.41. The van der Waals surface area contributed by atoms with Crippen molar-refractivity contribution in [3.63, 3.8) is 0 Å². The van der Waals surface area contributed by atoms with E-state index in [4.69, 9.17) is 22.1 Å². The Bertz CT molecular complexity index is 814. The molecule has 0 aliphatic rings. The second-order valence-corrected chi connectivity index (χ2v) is 6.48. The Morgan fingerprint density at radius 2 is 1.71 bits per heavy atom. The third-order valence-electron chi connectivity index (χ3n) is 3.91. The predicted octanol–water partition coefficient (Wildman–Crippen LogP) is 2.52. The van der Waals surface area contributed by atoms with Crippen molar-refractivity contribution in [3.05, 3.63) is 70.7 Å². The second-order valence-electron chi connectivity index (χ2n) is 6.07. The van der Waals surface area contributed by atoms with Crippen molar-refractivity contribution < 1.29 is 19.1 Å². The fourth-order valence-corrected chi connectivity index (χ4v) is 2.61. The Kier molecular flexibility index (Phi) is 8.30. The Hall–Kier alpha value is -3.06. The maximum absolute atomic E-state index is 12.5. The number of hydrogen-bond acceptors (Lipinski definition) is 4. The van der Waals surface area contributed by atoms with E-state index in [9.17, 15) is 14.4 Å². The number of primary amides is 1. The van der Waals surface area contributed by atoms with Crippen LogP contribution in [0.1, 0.15) is 24.0 Å². The molecule has 0 spiro atoms. The first-order chi connectivity index (χ1) is 13.5. The standard InChI is InChI=1S/C20H22ClN3O4/c21-16-9-5-4-8-15(16)12-23-19(26)17(10-11-18(22)25)24-20(27)28-13-14-6-2-1-3-7-14/h1-9,17H,10-13H2,(H2,22,25)(H,23,26)(H,24,27)/t17-/m0/s1. The summed E-state index contributed by atoms with van der Waals surface area (Å²) in [5, 5.41) is 5.70. The highest BCUT2D eigenvalue weighted by molar-refractivity contribution is 6.31. The van der Waals surface area contributed by atoms with Gasteiger partial charge in [0.15, 0.2) is 0 Å². The van der Waals surface area contributed by atoms with E-state index in [1.807, 2.05) is 30.3 Å². The lowest BCUT2D eigenvalue weighted by atomic mass is 10.1. The lowest BCUT2D eigenvalue weighted by molar-refractivity contribution is -0.123. The third-order valence-corrected chi connectivity index (χ3v) is 4.28. The van der Waals surface area contributed by atoms with Crippen molar-refractivity contribution in [1.29, 1.82) is 0 Å². The van der Waals surface area contributed by atoms with Gasteiger partial charge in [-0.3, -0.25) is 9.59 Å². The number of carbonyl (C=O) groups excluding carboxylic acids is 3. The van der Waals surface area contributed by atoms with Gasteiger partial charge in [0.1, 0.15) is 12.6 Å². The number of nitrogens with one attached hydrogen (secondary N) is 2. The zero-order valence-electron chi connectivity index (χ0n) is 15.2. The Morgan fingerprint density at radius 1 is 1.04 bits per heavy atom. The minimum absolute atomic E-state index is 0.0524. The molecule has 0 aliphatic heterocycles. The largest absolute Gasteiger partial charge is 0.445 e. The van der Waals surface area contributed by atoms with Crippen LogP contribution < -0.4 is 16.4 Å². The molecule has 0 aliphatic carbocycles. The summed E-state index contributed by atoms with van der Waals surface area (Å²) in [6.45, 7) is 0.253. The van der Waals surface area contributed by atoms with E-state index >= 15 is 0 Å². The molecule has 0 heterocycles. The molecule has 0 fully saturated rings. The molecule has 3 amide bonds. The monoisotopic (exact) mass is 403 g/mol. The first kappa shape index (κ1) is 21.2. The van der Waals surface area contributed by atoms with Gasteiger partial charge in [0, 0.05) is 18.0 Å². The van der Waals surface area contributed by atoms with Crippen LogP contribution in [0.4, 0.5) is 4.79 Å². The number of carbonyl (C=O) groups is 3. The highest BCUT2D eigenvalue weighted by Gasteiger charge is 2.22. The molecular weight excluding hydrogens is 382 g/mol. The normalized spacial score (nSPS) is 11.3. The van der Waals surface area contributed by atoms with Gasteiger partial charge in [-0.25, -0.2) is 4.79 Å². The van der Waals surface area contributed by atoms with Crippen LogP contribution in [0.25, 0.3) is 0 Å². The molecule has 8 heteroatoms. The molecule has 4 N–H and O–H groups in total. The molecule has 2 aromatic carbocycles. The summed E-state index contributed by atoms with van der Waals surface area (Å²) in [5.41, 5.74) is 6.71. The average Bonchev–Trinajstić information content (AvgIpc) is 2.69. The molecule has 0 saturated carbocycles. The lowest BCUT2D eigenvalue weighted by Crippen LogP contribution is -2.47. The Labute approximate surface area is 168 Å². The lowest BCUT2D eigenvalue weighted by Gasteiger charge is -2.18. The number of benzene rings is 2. The van der Waals surface area contributed by atoms with Crippen molar-refractivity contribution in [3.8, 4) is 0 Å². The average molecular weight is 404 g/mol. The van der Waals surface area contributed by atoms with Crippen molar-refractivity contribution in [2.75, 3.05) is 0 Å². The van der Waals surface area contributed by atoms with E-state index in [1.165, 1.54) is 0 Å². The molecule has 28 heavy (non-hydrogen) atoms. The van der Waals surface area contributed by atoms with E-state index in [0.29, 0.717) is 5.02 Å². The van der Waals surface area contributed by atoms with Gasteiger partial charge < -0.3 is 21.1 Å². The van der Waals surface area contributed by atoms with E-state index < -0.39 is 23.9 Å². The highest BCUT2D eigenvalue weighted by Crippen LogP contribution is 2.14. The maximum Gasteiger partial charge on any atom is 0.408 e. The molecule has 2 rings (SSSR count). The van der Waals surface area contributed by atoms with Gasteiger partial charge in [-0.15, -0.1) is 0 Å². The molecule has 2 aromatic rings. The molecule has 0 radical (unpaired) electrons. The summed E-state index contributed by atoms with van der Waals surface area (Å²) in [7, 11) is 0. The van der Waals surface area contributed by atoms with Crippen LogP contribution in [0.15, 0.2) is 54.6 Å². The zero-order valence-corrected chi connectivity index (χ0v) is 15.9. The second kappa shape index (κ2) is 10.9. The SMILES string of the molecule is NC(=O)CC[C@H](NC(=O)OCc1ccccc1)C(=O)NCc1ccccc1Cl. The van der Waals surface area contributed by atoms with Crippen LogP contribution in [0, 0.1) is 0 Å². The van der Waals surface area contributed by atoms with E-state index in [0.717, 1.165) is 11.1 Å². The van der Waals surface area contributed by atoms with Crippen molar-refractivity contribution in [1.82, 2.24) is 10.6 Å². The molecule has 0 aromatic heterocycles. The molecule has 0 bridgehead atoms. The van der Waals surface area contributed by atoms with Gasteiger partial charge in [-0.2, -0.15) is 0 Å². The number of hydrogen-bond donors (Lipinski definition) is 3. The summed E-state index contributed by atoms with van der Waals surface area (Å²) in [6, 6.07) is 15.3. The fraction of sp³-hybridized carbons (Fsp3) is 0.250. The van der Waals surface area contributed by atoms with Gasteiger partial charge in [0.2, 0.25) is 11.8 Å². The van der Waals surface area contributed by atoms with E-state index in [1.54, 1.807) is 24.3 Å². The van der Waals surface area contributed by atoms with Crippen LogP contribution in [0.3, 0.4) is 0 Å². The Morgan fingerprint density at radius 3 is 2.39 bits per heavy atom. The van der Waals surface area contributed by atoms with Crippen LogP contribution >= 0.6 is 11.6 Å². The molecule has 0 saturated heterocycles. The molecule has 7 nitrogen and oxygen atoms in total. The predicted molar refractivity (Wildman–Crippen MR) is 105 cm³/mol. The summed E-state index contributed by atoms with van der Waals surface area (Å²) in [6.07, 6.45) is -0.751. The summed E-state index contributed by atoms with van der Waals surface area (Å²) in [4.78, 5) is 35.6. The van der Waals surface area contributed by atoms with Crippen LogP contribution in [0.2, 0.25) is 5.02 Å². The Balaban J connectivity index is 1.91. The minimum atomic E-state index is -0.960. The quantitative estimate of drug-likeness (QED) is 0.597. The smallest absolute Gasteiger partial charge is 0.408 e. The van der Waals surface area contributed by atoms with E-state index in [-0.39, 0.29) is 26.0 Å². The van der Waals surface area contributed by atoms with Crippen LogP contribution in [-0.4, -0.2) is 23.9 Å². The van der Waals surface area contributed by atoms with Crippen molar-refractivity contribution in [2.45, 2.75) is 32.0 Å². The van der Waals surface area contributed by atoms with Gasteiger partial charge in [0.25, 0.3) is 0 Å². The van der Waals surface area contributed by atoms with Gasteiger partial charge >= 0.3 is 6.09 Å². The first-order valence-corrected chi connectivity index (χ1v) is 9.10. The van der Waals surface area contributed by atoms with Crippen LogP contribution in [-0.2, 0) is 27.5 Å². The maximum atomic E-state index is 12.5. The summed E-state index contributed by atoms with van der Waals surface area (Å²) < 4.78 is 5.13. The molecule has 148 valence electrons. The van der Waals surface area contributed by atoms with Gasteiger partial charge in [0.05, 0.1) is 0 Å². The van der Waals surface area contributed by atoms with Crippen LogP contribution in [0.5, 0.6) is 0 Å². The third kappa shape index (κ3) is 7.28. The summed E-state index contributed by atoms with van der Waals surface area (Å²) in [5.74, 6) is -1.03. The van der Waals surface area contributed by atoms with Gasteiger partial charge in [-0.1, -0.05) is 60.1 Å². The van der Waals surface area contributed by atoms with E-state index in [2.05, 4.69) is 10.6 Å². The van der Waals surface area contributed by atoms with Crippen molar-refractivity contribution in [2.24, 2.45) is 5.73 Å².